The summed E-state index contributed by atoms with van der Waals surface area (Å²) < 4.78 is 33.3. The molecule has 1 fully saturated rings. The Bertz CT molecular complexity index is 729. The van der Waals surface area contributed by atoms with Gasteiger partial charge in [0.1, 0.15) is 0 Å². The zero-order valence-electron chi connectivity index (χ0n) is 18.8. The summed E-state index contributed by atoms with van der Waals surface area (Å²) >= 11 is 0. The molecule has 2 aliphatic carbocycles. The van der Waals surface area contributed by atoms with E-state index in [9.17, 15) is 8.78 Å². The minimum Gasteiger partial charge on any atom is -0.491 e. The number of aryl methyl sites for hydroxylation is 1. The van der Waals surface area contributed by atoms with Gasteiger partial charge in [0.15, 0.2) is 11.6 Å². The topological polar surface area (TPSA) is 9.23 Å². The van der Waals surface area contributed by atoms with E-state index in [1.807, 2.05) is 0 Å². The van der Waals surface area contributed by atoms with Crippen molar-refractivity contribution in [3.8, 4) is 5.75 Å². The molecule has 0 aromatic heterocycles. The smallest absolute Gasteiger partial charge is 0.200 e. The predicted octanol–water partition coefficient (Wildman–Crippen LogP) is 8.19. The van der Waals surface area contributed by atoms with Crippen LogP contribution in [0.1, 0.15) is 83.6 Å². The molecule has 0 saturated heterocycles. The quantitative estimate of drug-likeness (QED) is 0.369. The average molecular weight is 417 g/mol. The summed E-state index contributed by atoms with van der Waals surface area (Å²) in [6.07, 6.45) is 20.1. The van der Waals surface area contributed by atoms with Crippen molar-refractivity contribution in [1.29, 1.82) is 0 Å². The molecule has 0 amide bonds. The number of hydrogen-bond donors (Lipinski definition) is 0. The zero-order valence-corrected chi connectivity index (χ0v) is 18.8. The molecule has 30 heavy (non-hydrogen) atoms. The fraction of sp³-hybridized carbons (Fsp3) is 0.630. The Kier molecular flexibility index (Phi) is 8.96. The number of rotatable bonds is 9. The molecule has 0 bridgehead atoms. The van der Waals surface area contributed by atoms with E-state index in [0.29, 0.717) is 24.5 Å². The fourth-order valence-corrected chi connectivity index (χ4v) is 5.25. The largest absolute Gasteiger partial charge is 0.491 e. The maximum atomic E-state index is 14.2. The van der Waals surface area contributed by atoms with E-state index in [4.69, 9.17) is 4.74 Å². The maximum Gasteiger partial charge on any atom is 0.200 e. The second-order valence-corrected chi connectivity index (χ2v) is 9.07. The lowest BCUT2D eigenvalue weighted by molar-refractivity contribution is 0.209. The monoisotopic (exact) mass is 416 g/mol. The summed E-state index contributed by atoms with van der Waals surface area (Å²) in [5.74, 6) is 0.816. The Balaban J connectivity index is 1.40. The van der Waals surface area contributed by atoms with Crippen LogP contribution in [0, 0.1) is 29.4 Å². The molecule has 3 rings (SSSR count). The molecule has 0 spiro atoms. The lowest BCUT2D eigenvalue weighted by Gasteiger charge is -2.34. The normalized spacial score (nSPS) is 24.8. The highest BCUT2D eigenvalue weighted by atomic mass is 19.2. The van der Waals surface area contributed by atoms with Crippen LogP contribution in [0.25, 0.3) is 0 Å². The molecule has 1 nitrogen and oxygen atoms in total. The standard InChI is InChI=1S/C27H38F2O/c1-3-7-20-10-14-22(15-11-20)23-16-12-21(13-17-23)8-5-6-9-24-18-19-25(30-4-2)27(29)26(24)28/h5,8,10,18-19,21-23H,3-4,6-7,9,11-17H2,1-2H3. The van der Waals surface area contributed by atoms with Crippen molar-refractivity contribution in [1.82, 2.24) is 0 Å². The van der Waals surface area contributed by atoms with Crippen LogP contribution in [-0.2, 0) is 6.42 Å². The Morgan fingerprint density at radius 3 is 2.43 bits per heavy atom. The van der Waals surface area contributed by atoms with Gasteiger partial charge in [-0.2, -0.15) is 4.39 Å². The second-order valence-electron chi connectivity index (χ2n) is 9.07. The lowest BCUT2D eigenvalue weighted by Crippen LogP contribution is -2.22. The number of allylic oxidation sites excluding steroid dienone is 4. The van der Waals surface area contributed by atoms with Crippen molar-refractivity contribution in [3.63, 3.8) is 0 Å². The van der Waals surface area contributed by atoms with Gasteiger partial charge in [-0.1, -0.05) is 43.2 Å². The third kappa shape index (κ3) is 6.18. The van der Waals surface area contributed by atoms with Crippen LogP contribution in [0.15, 0.2) is 35.9 Å². The van der Waals surface area contributed by atoms with E-state index in [2.05, 4.69) is 25.2 Å². The van der Waals surface area contributed by atoms with Gasteiger partial charge in [0.25, 0.3) is 0 Å². The van der Waals surface area contributed by atoms with Gasteiger partial charge in [-0.3, -0.25) is 0 Å². The molecule has 0 N–H and O–H groups in total. The summed E-state index contributed by atoms with van der Waals surface area (Å²) in [5.41, 5.74) is 2.12. The first-order valence-corrected chi connectivity index (χ1v) is 12.1. The van der Waals surface area contributed by atoms with E-state index in [0.717, 1.165) is 18.3 Å². The van der Waals surface area contributed by atoms with Crippen LogP contribution in [0.4, 0.5) is 8.78 Å². The first-order chi connectivity index (χ1) is 14.6. The van der Waals surface area contributed by atoms with Gasteiger partial charge in [0.2, 0.25) is 5.82 Å². The molecular formula is C27H38F2O. The van der Waals surface area contributed by atoms with Crippen LogP contribution in [0.3, 0.4) is 0 Å². The number of halogens is 2. The van der Waals surface area contributed by atoms with Crippen molar-refractivity contribution in [3.05, 3.63) is 53.1 Å². The van der Waals surface area contributed by atoms with Crippen molar-refractivity contribution in [2.45, 2.75) is 84.5 Å². The van der Waals surface area contributed by atoms with Gasteiger partial charge in [0, 0.05) is 0 Å². The third-order valence-electron chi connectivity index (χ3n) is 7.02. The Labute approximate surface area is 181 Å². The van der Waals surface area contributed by atoms with E-state index in [1.165, 1.54) is 63.9 Å². The summed E-state index contributed by atoms with van der Waals surface area (Å²) in [6.45, 7) is 4.37. The molecule has 0 aliphatic heterocycles. The third-order valence-corrected chi connectivity index (χ3v) is 7.02. The van der Waals surface area contributed by atoms with Crippen molar-refractivity contribution in [2.75, 3.05) is 6.61 Å². The average Bonchev–Trinajstić information content (AvgIpc) is 2.77. The number of benzene rings is 1. The minimum absolute atomic E-state index is 0.00101. The highest BCUT2D eigenvalue weighted by molar-refractivity contribution is 5.31. The Morgan fingerprint density at radius 2 is 1.77 bits per heavy atom. The van der Waals surface area contributed by atoms with Crippen LogP contribution in [0.2, 0.25) is 0 Å². The SMILES string of the molecule is CCCC1=CCC(C2CCC(C=CCCc3ccc(OCC)c(F)c3F)CC2)CC1. The molecule has 1 saturated carbocycles. The van der Waals surface area contributed by atoms with E-state index >= 15 is 0 Å². The van der Waals surface area contributed by atoms with E-state index in [-0.39, 0.29) is 5.75 Å². The van der Waals surface area contributed by atoms with Crippen LogP contribution < -0.4 is 4.74 Å². The van der Waals surface area contributed by atoms with Crippen molar-refractivity contribution in [2.24, 2.45) is 17.8 Å². The fourth-order valence-electron chi connectivity index (χ4n) is 5.25. The molecule has 0 heterocycles. The molecule has 166 valence electrons. The van der Waals surface area contributed by atoms with Gasteiger partial charge >= 0.3 is 0 Å². The molecule has 1 atom stereocenters. The second kappa shape index (κ2) is 11.7. The van der Waals surface area contributed by atoms with Crippen molar-refractivity contribution >= 4 is 0 Å². The highest BCUT2D eigenvalue weighted by Gasteiger charge is 2.27. The molecular weight excluding hydrogens is 378 g/mol. The summed E-state index contributed by atoms with van der Waals surface area (Å²) in [7, 11) is 0. The predicted molar refractivity (Wildman–Crippen MR) is 121 cm³/mol. The summed E-state index contributed by atoms with van der Waals surface area (Å²) in [4.78, 5) is 0. The van der Waals surface area contributed by atoms with E-state index in [1.54, 1.807) is 18.6 Å². The van der Waals surface area contributed by atoms with Crippen LogP contribution in [-0.4, -0.2) is 6.61 Å². The van der Waals surface area contributed by atoms with Crippen LogP contribution in [0.5, 0.6) is 5.75 Å². The van der Waals surface area contributed by atoms with Crippen LogP contribution >= 0.6 is 0 Å². The maximum absolute atomic E-state index is 14.2. The van der Waals surface area contributed by atoms with Gasteiger partial charge in [-0.25, -0.2) is 4.39 Å². The molecule has 1 aromatic rings. The Morgan fingerprint density at radius 1 is 0.967 bits per heavy atom. The number of ether oxygens (including phenoxy) is 1. The lowest BCUT2D eigenvalue weighted by atomic mass is 9.71. The zero-order chi connectivity index (χ0) is 21.3. The molecule has 1 aromatic carbocycles. The van der Waals surface area contributed by atoms with Gasteiger partial charge in [-0.15, -0.1) is 0 Å². The Hall–Kier alpha value is -1.64. The van der Waals surface area contributed by atoms with Gasteiger partial charge in [0.05, 0.1) is 6.61 Å². The number of hydrogen-bond acceptors (Lipinski definition) is 1. The first kappa shape index (κ1) is 23.0. The highest BCUT2D eigenvalue weighted by Crippen LogP contribution is 2.40. The summed E-state index contributed by atoms with van der Waals surface area (Å²) in [6, 6.07) is 3.18. The van der Waals surface area contributed by atoms with Gasteiger partial charge in [-0.05, 0) is 101 Å². The van der Waals surface area contributed by atoms with Gasteiger partial charge < -0.3 is 4.74 Å². The summed E-state index contributed by atoms with van der Waals surface area (Å²) in [5, 5.41) is 0. The molecule has 3 heteroatoms. The molecule has 0 radical (unpaired) electrons. The molecule has 1 unspecified atom stereocenters. The molecule has 2 aliphatic rings. The van der Waals surface area contributed by atoms with E-state index < -0.39 is 11.6 Å². The van der Waals surface area contributed by atoms with Crippen molar-refractivity contribution < 1.29 is 13.5 Å². The first-order valence-electron chi connectivity index (χ1n) is 12.1. The minimum atomic E-state index is -0.865.